The van der Waals surface area contributed by atoms with Gasteiger partial charge in [-0.25, -0.2) is 0 Å². The normalized spacial score (nSPS) is 10.0. The van der Waals surface area contributed by atoms with E-state index < -0.39 is 5.97 Å². The summed E-state index contributed by atoms with van der Waals surface area (Å²) >= 11 is 0. The molecule has 0 aliphatic carbocycles. The minimum absolute atomic E-state index is 0.0879. The van der Waals surface area contributed by atoms with Crippen molar-refractivity contribution in [1.29, 1.82) is 0 Å². The summed E-state index contributed by atoms with van der Waals surface area (Å²) in [6.45, 7) is 1.85. The van der Waals surface area contributed by atoms with Crippen molar-refractivity contribution in [2.75, 3.05) is 13.6 Å². The smallest absolute Gasteiger partial charge is 0.305 e. The molecular weight excluding hydrogens is 200 g/mol. The van der Waals surface area contributed by atoms with Crippen LogP contribution in [0, 0.1) is 6.92 Å². The zero-order valence-corrected chi connectivity index (χ0v) is 8.56. The third-order valence-corrected chi connectivity index (χ3v) is 1.85. The van der Waals surface area contributed by atoms with Crippen LogP contribution in [0.2, 0.25) is 0 Å². The zero-order valence-electron chi connectivity index (χ0n) is 8.56. The fourth-order valence-electron chi connectivity index (χ4n) is 1.02. The predicted molar refractivity (Wildman–Crippen MR) is 50.5 cm³/mol. The summed E-state index contributed by atoms with van der Waals surface area (Å²) in [5.74, 6) is -1.18. The van der Waals surface area contributed by atoms with Crippen LogP contribution in [-0.4, -0.2) is 40.6 Å². The van der Waals surface area contributed by atoms with Crippen LogP contribution in [-0.2, 0) is 4.79 Å². The molecule has 0 fully saturated rings. The van der Waals surface area contributed by atoms with Crippen LogP contribution in [0.1, 0.15) is 22.7 Å². The third kappa shape index (κ3) is 3.08. The summed E-state index contributed by atoms with van der Waals surface area (Å²) in [5.41, 5.74) is 0.616. The second-order valence-corrected chi connectivity index (χ2v) is 3.20. The van der Waals surface area contributed by atoms with Crippen molar-refractivity contribution < 1.29 is 19.2 Å². The zero-order chi connectivity index (χ0) is 11.4. The molecule has 1 N–H and O–H groups in total. The van der Waals surface area contributed by atoms with Gasteiger partial charge in [0.15, 0.2) is 0 Å². The van der Waals surface area contributed by atoms with Gasteiger partial charge in [-0.2, -0.15) is 0 Å². The molecule has 0 saturated heterocycles. The molecule has 0 radical (unpaired) electrons. The van der Waals surface area contributed by atoms with Gasteiger partial charge in [0.05, 0.1) is 12.1 Å². The second-order valence-electron chi connectivity index (χ2n) is 3.20. The lowest BCUT2D eigenvalue weighted by Crippen LogP contribution is -2.28. The van der Waals surface area contributed by atoms with Crippen molar-refractivity contribution >= 4 is 11.9 Å². The Kier molecular flexibility index (Phi) is 3.43. The number of carbonyl (C=O) groups excluding carboxylic acids is 1. The number of rotatable bonds is 4. The Morgan fingerprint density at radius 2 is 2.27 bits per heavy atom. The van der Waals surface area contributed by atoms with Crippen molar-refractivity contribution in [3.63, 3.8) is 0 Å². The van der Waals surface area contributed by atoms with E-state index in [0.29, 0.717) is 5.69 Å². The Morgan fingerprint density at radius 3 is 2.73 bits per heavy atom. The van der Waals surface area contributed by atoms with E-state index in [1.54, 1.807) is 6.92 Å². The molecule has 1 rings (SSSR count). The fourth-order valence-corrected chi connectivity index (χ4v) is 1.02. The second kappa shape index (κ2) is 4.59. The van der Waals surface area contributed by atoms with E-state index in [1.165, 1.54) is 18.0 Å². The first-order valence-electron chi connectivity index (χ1n) is 4.41. The van der Waals surface area contributed by atoms with Crippen LogP contribution >= 0.6 is 0 Å². The van der Waals surface area contributed by atoms with Crippen molar-refractivity contribution in [1.82, 2.24) is 10.1 Å². The van der Waals surface area contributed by atoms with E-state index in [0.717, 1.165) is 0 Å². The quantitative estimate of drug-likeness (QED) is 0.787. The van der Waals surface area contributed by atoms with Crippen molar-refractivity contribution in [3.05, 3.63) is 17.5 Å². The summed E-state index contributed by atoms with van der Waals surface area (Å²) < 4.78 is 4.77. The van der Waals surface area contributed by atoms with E-state index in [1.807, 2.05) is 0 Å². The Bertz CT molecular complexity index is 372. The third-order valence-electron chi connectivity index (χ3n) is 1.85. The topological polar surface area (TPSA) is 83.6 Å². The van der Waals surface area contributed by atoms with Crippen molar-refractivity contribution in [2.45, 2.75) is 13.3 Å². The lowest BCUT2D eigenvalue weighted by molar-refractivity contribution is -0.137. The number of hydrogen-bond donors (Lipinski definition) is 1. The molecule has 1 heterocycles. The molecule has 0 unspecified atom stereocenters. The molecule has 6 heteroatoms. The SMILES string of the molecule is Cc1cc(C(=O)N(C)CCC(=O)O)on1. The summed E-state index contributed by atoms with van der Waals surface area (Å²) in [4.78, 5) is 23.1. The van der Waals surface area contributed by atoms with Gasteiger partial charge in [0.2, 0.25) is 5.76 Å². The van der Waals surface area contributed by atoms with E-state index in [2.05, 4.69) is 5.16 Å². The van der Waals surface area contributed by atoms with Crippen molar-refractivity contribution in [2.24, 2.45) is 0 Å². The number of carboxylic acids is 1. The first-order chi connectivity index (χ1) is 7.00. The average molecular weight is 212 g/mol. The molecule has 0 aromatic carbocycles. The number of aliphatic carboxylic acids is 1. The number of carboxylic acid groups (broad SMARTS) is 1. The minimum Gasteiger partial charge on any atom is -0.481 e. The molecule has 1 aromatic heterocycles. The van der Waals surface area contributed by atoms with E-state index in [-0.39, 0.29) is 24.6 Å². The molecule has 0 spiro atoms. The van der Waals surface area contributed by atoms with E-state index >= 15 is 0 Å². The standard InChI is InChI=1S/C9H12N2O4/c1-6-5-7(15-10-6)9(14)11(2)4-3-8(12)13/h5H,3-4H2,1-2H3,(H,12,13). The van der Waals surface area contributed by atoms with Gasteiger partial charge >= 0.3 is 5.97 Å². The monoisotopic (exact) mass is 212 g/mol. The number of amides is 1. The molecule has 6 nitrogen and oxygen atoms in total. The largest absolute Gasteiger partial charge is 0.481 e. The van der Waals surface area contributed by atoms with Crippen LogP contribution in [0.25, 0.3) is 0 Å². The lowest BCUT2D eigenvalue weighted by atomic mass is 10.3. The number of aromatic nitrogens is 1. The molecule has 82 valence electrons. The van der Waals surface area contributed by atoms with Crippen LogP contribution in [0.3, 0.4) is 0 Å². The average Bonchev–Trinajstić information content (AvgIpc) is 2.60. The Morgan fingerprint density at radius 1 is 1.60 bits per heavy atom. The molecular formula is C9H12N2O4. The first kappa shape index (κ1) is 11.2. The summed E-state index contributed by atoms with van der Waals surface area (Å²) in [7, 11) is 1.52. The molecule has 0 aliphatic heterocycles. The highest BCUT2D eigenvalue weighted by atomic mass is 16.5. The van der Waals surface area contributed by atoms with Gasteiger partial charge in [0, 0.05) is 19.7 Å². The number of hydrogen-bond acceptors (Lipinski definition) is 4. The maximum absolute atomic E-state index is 11.6. The number of carbonyl (C=O) groups is 2. The van der Waals surface area contributed by atoms with Gasteiger partial charge in [-0.15, -0.1) is 0 Å². The Balaban J connectivity index is 2.57. The minimum atomic E-state index is -0.941. The number of aryl methyl sites for hydroxylation is 1. The molecule has 1 amide bonds. The van der Waals surface area contributed by atoms with Gasteiger partial charge < -0.3 is 14.5 Å². The molecule has 0 saturated carbocycles. The maximum atomic E-state index is 11.6. The maximum Gasteiger partial charge on any atom is 0.305 e. The Hall–Kier alpha value is -1.85. The van der Waals surface area contributed by atoms with Gasteiger partial charge in [-0.05, 0) is 6.92 Å². The lowest BCUT2D eigenvalue weighted by Gasteiger charge is -2.13. The number of nitrogens with zero attached hydrogens (tertiary/aromatic N) is 2. The highest BCUT2D eigenvalue weighted by Crippen LogP contribution is 2.05. The van der Waals surface area contributed by atoms with Crippen LogP contribution in [0.5, 0.6) is 0 Å². The molecule has 15 heavy (non-hydrogen) atoms. The van der Waals surface area contributed by atoms with Crippen molar-refractivity contribution in [3.8, 4) is 0 Å². The summed E-state index contributed by atoms with van der Waals surface area (Å²) in [6.07, 6.45) is -0.0879. The van der Waals surface area contributed by atoms with Gasteiger partial charge in [-0.3, -0.25) is 9.59 Å². The molecule has 0 bridgehead atoms. The predicted octanol–water partition coefficient (Wildman–Crippen LogP) is 0.530. The van der Waals surface area contributed by atoms with E-state index in [4.69, 9.17) is 9.63 Å². The van der Waals surface area contributed by atoms with Gasteiger partial charge in [0.25, 0.3) is 5.91 Å². The van der Waals surface area contributed by atoms with Crippen LogP contribution in [0.15, 0.2) is 10.6 Å². The fraction of sp³-hybridized carbons (Fsp3) is 0.444. The van der Waals surface area contributed by atoms with Gasteiger partial charge in [-0.1, -0.05) is 5.16 Å². The molecule has 1 aromatic rings. The first-order valence-corrected chi connectivity index (χ1v) is 4.41. The Labute approximate surface area is 86.5 Å². The molecule has 0 atom stereocenters. The van der Waals surface area contributed by atoms with Gasteiger partial charge in [0.1, 0.15) is 0 Å². The highest BCUT2D eigenvalue weighted by molar-refractivity contribution is 5.91. The summed E-state index contributed by atoms with van der Waals surface area (Å²) in [5, 5.41) is 12.0. The summed E-state index contributed by atoms with van der Waals surface area (Å²) in [6, 6.07) is 1.51. The highest BCUT2D eigenvalue weighted by Gasteiger charge is 2.16. The van der Waals surface area contributed by atoms with Crippen LogP contribution < -0.4 is 0 Å². The van der Waals surface area contributed by atoms with E-state index in [9.17, 15) is 9.59 Å². The van der Waals surface area contributed by atoms with Crippen LogP contribution in [0.4, 0.5) is 0 Å². The molecule has 0 aliphatic rings.